The molecule has 0 radical (unpaired) electrons. The Kier molecular flexibility index (Phi) is 1.65. The number of carbonyl (C=O) groups is 2. The molecule has 1 unspecified atom stereocenters. The fourth-order valence-corrected chi connectivity index (χ4v) is 1.49. The summed E-state index contributed by atoms with van der Waals surface area (Å²) in [5, 5.41) is 0. The second-order valence-corrected chi connectivity index (χ2v) is 3.00. The van der Waals surface area contributed by atoms with Gasteiger partial charge >= 0.3 is 5.97 Å². The lowest BCUT2D eigenvalue weighted by atomic mass is 9.97. The van der Waals surface area contributed by atoms with Crippen molar-refractivity contribution in [3.05, 3.63) is 29.8 Å². The van der Waals surface area contributed by atoms with Crippen molar-refractivity contribution in [3.63, 3.8) is 0 Å². The van der Waals surface area contributed by atoms with Crippen LogP contribution in [0.3, 0.4) is 0 Å². The number of para-hydroxylation sites is 1. The Morgan fingerprint density at radius 2 is 2.08 bits per heavy atom. The Balaban J connectivity index is 2.52. The largest absolute Gasteiger partial charge is 0.425 e. The first-order valence-electron chi connectivity index (χ1n) is 4.01. The molecule has 0 N–H and O–H groups in total. The van der Waals surface area contributed by atoms with E-state index in [2.05, 4.69) is 0 Å². The number of hydrogen-bond acceptors (Lipinski definition) is 3. The summed E-state index contributed by atoms with van der Waals surface area (Å²) in [7, 11) is 0. The number of hydrogen-bond donors (Lipinski definition) is 0. The number of Topliss-reactive ketones (excluding diaryl/α,β-unsaturated/α-hetero) is 1. The molecule has 0 fully saturated rings. The van der Waals surface area contributed by atoms with Crippen molar-refractivity contribution in [1.82, 2.24) is 0 Å². The van der Waals surface area contributed by atoms with Gasteiger partial charge in [-0.05, 0) is 13.0 Å². The van der Waals surface area contributed by atoms with E-state index in [1.54, 1.807) is 24.3 Å². The summed E-state index contributed by atoms with van der Waals surface area (Å²) >= 11 is 0. The van der Waals surface area contributed by atoms with E-state index in [1.165, 1.54) is 6.92 Å². The van der Waals surface area contributed by atoms with E-state index in [4.69, 9.17) is 4.74 Å². The van der Waals surface area contributed by atoms with Gasteiger partial charge in [-0.2, -0.15) is 0 Å². The summed E-state index contributed by atoms with van der Waals surface area (Å²) in [6.07, 6.45) is 0. The highest BCUT2D eigenvalue weighted by Crippen LogP contribution is 2.34. The first-order chi connectivity index (χ1) is 6.20. The molecule has 0 aromatic heterocycles. The summed E-state index contributed by atoms with van der Waals surface area (Å²) in [5.74, 6) is -0.840. The topological polar surface area (TPSA) is 43.4 Å². The van der Waals surface area contributed by atoms with Crippen LogP contribution in [-0.2, 0) is 9.59 Å². The predicted octanol–water partition coefficient (Wildman–Crippen LogP) is 1.28. The molecule has 0 spiro atoms. The van der Waals surface area contributed by atoms with Gasteiger partial charge in [0.2, 0.25) is 0 Å². The van der Waals surface area contributed by atoms with E-state index in [9.17, 15) is 9.59 Å². The van der Waals surface area contributed by atoms with E-state index in [0.717, 1.165) is 0 Å². The Hall–Kier alpha value is -1.64. The molecular weight excluding hydrogens is 168 g/mol. The monoisotopic (exact) mass is 176 g/mol. The molecule has 1 aromatic carbocycles. The number of benzene rings is 1. The van der Waals surface area contributed by atoms with Crippen LogP contribution in [0.15, 0.2) is 24.3 Å². The molecule has 0 saturated carbocycles. The van der Waals surface area contributed by atoms with Crippen LogP contribution < -0.4 is 4.74 Å². The average Bonchev–Trinajstić information content (AvgIpc) is 2.39. The maximum atomic E-state index is 11.2. The number of esters is 1. The van der Waals surface area contributed by atoms with Crippen LogP contribution in [0.4, 0.5) is 0 Å². The zero-order chi connectivity index (χ0) is 9.42. The van der Waals surface area contributed by atoms with Gasteiger partial charge in [-0.25, -0.2) is 0 Å². The van der Waals surface area contributed by atoms with Gasteiger partial charge in [-0.1, -0.05) is 18.2 Å². The SMILES string of the molecule is CC(=O)C1C(=O)Oc2ccccc21. The second-order valence-electron chi connectivity index (χ2n) is 3.00. The Morgan fingerprint density at radius 3 is 2.77 bits per heavy atom. The number of fused-ring (bicyclic) bond motifs is 1. The minimum atomic E-state index is -0.712. The number of rotatable bonds is 1. The average molecular weight is 176 g/mol. The molecule has 1 aliphatic rings. The third kappa shape index (κ3) is 1.13. The Labute approximate surface area is 75.3 Å². The van der Waals surface area contributed by atoms with Gasteiger partial charge in [0, 0.05) is 5.56 Å². The second kappa shape index (κ2) is 2.69. The van der Waals surface area contributed by atoms with Crippen LogP contribution in [0.25, 0.3) is 0 Å². The molecule has 66 valence electrons. The molecule has 0 bridgehead atoms. The van der Waals surface area contributed by atoms with Crippen molar-refractivity contribution in [2.45, 2.75) is 12.8 Å². The van der Waals surface area contributed by atoms with Gasteiger partial charge in [-0.3, -0.25) is 9.59 Å². The van der Waals surface area contributed by atoms with Gasteiger partial charge in [0.25, 0.3) is 0 Å². The number of ketones is 1. The van der Waals surface area contributed by atoms with Crippen molar-refractivity contribution in [2.24, 2.45) is 0 Å². The third-order valence-electron chi connectivity index (χ3n) is 2.08. The molecule has 1 atom stereocenters. The van der Waals surface area contributed by atoms with Gasteiger partial charge in [0.05, 0.1) is 0 Å². The quantitative estimate of drug-likeness (QED) is 0.367. The lowest BCUT2D eigenvalue weighted by molar-refractivity contribution is -0.137. The van der Waals surface area contributed by atoms with Crippen LogP contribution in [0.1, 0.15) is 18.4 Å². The molecule has 1 heterocycles. The van der Waals surface area contributed by atoms with E-state index in [-0.39, 0.29) is 5.78 Å². The minimum absolute atomic E-state index is 0.171. The normalized spacial score (nSPS) is 19.5. The number of ether oxygens (including phenoxy) is 1. The van der Waals surface area contributed by atoms with Crippen LogP contribution in [0, 0.1) is 0 Å². The standard InChI is InChI=1S/C10H8O3/c1-6(11)9-7-4-2-3-5-8(7)13-10(9)12/h2-5,9H,1H3. The van der Waals surface area contributed by atoms with Crippen LogP contribution in [0.5, 0.6) is 5.75 Å². The van der Waals surface area contributed by atoms with Crippen molar-refractivity contribution in [3.8, 4) is 5.75 Å². The fraction of sp³-hybridized carbons (Fsp3) is 0.200. The highest BCUT2D eigenvalue weighted by Gasteiger charge is 2.35. The molecule has 0 amide bonds. The van der Waals surface area contributed by atoms with Crippen molar-refractivity contribution >= 4 is 11.8 Å². The molecule has 1 aromatic rings. The molecule has 3 heteroatoms. The highest BCUT2D eigenvalue weighted by atomic mass is 16.5. The summed E-state index contributed by atoms with van der Waals surface area (Å²) in [5.41, 5.74) is 0.681. The van der Waals surface area contributed by atoms with E-state index < -0.39 is 11.9 Å². The van der Waals surface area contributed by atoms with Crippen molar-refractivity contribution < 1.29 is 14.3 Å². The molecule has 2 rings (SSSR count). The van der Waals surface area contributed by atoms with E-state index in [0.29, 0.717) is 11.3 Å². The molecule has 3 nitrogen and oxygen atoms in total. The summed E-state index contributed by atoms with van der Waals surface area (Å²) in [6.45, 7) is 1.40. The fourth-order valence-electron chi connectivity index (χ4n) is 1.49. The van der Waals surface area contributed by atoms with Gasteiger partial charge in [0.15, 0.2) is 0 Å². The molecule has 1 aliphatic heterocycles. The zero-order valence-electron chi connectivity index (χ0n) is 7.11. The Morgan fingerprint density at radius 1 is 1.38 bits per heavy atom. The van der Waals surface area contributed by atoms with Gasteiger partial charge in [-0.15, -0.1) is 0 Å². The molecule has 13 heavy (non-hydrogen) atoms. The smallest absolute Gasteiger partial charge is 0.326 e. The summed E-state index contributed by atoms with van der Waals surface area (Å²) < 4.78 is 4.92. The maximum Gasteiger partial charge on any atom is 0.326 e. The summed E-state index contributed by atoms with van der Waals surface area (Å²) in [4.78, 5) is 22.3. The van der Waals surface area contributed by atoms with Gasteiger partial charge in [0.1, 0.15) is 17.5 Å². The lowest BCUT2D eigenvalue weighted by Gasteiger charge is -1.99. The van der Waals surface area contributed by atoms with Crippen LogP contribution in [0.2, 0.25) is 0 Å². The van der Waals surface area contributed by atoms with Crippen molar-refractivity contribution in [2.75, 3.05) is 0 Å². The lowest BCUT2D eigenvalue weighted by Crippen LogP contribution is -2.16. The Bertz CT molecular complexity index is 382. The zero-order valence-corrected chi connectivity index (χ0v) is 7.11. The first kappa shape index (κ1) is 7.98. The molecule has 0 saturated heterocycles. The van der Waals surface area contributed by atoms with E-state index >= 15 is 0 Å². The highest BCUT2D eigenvalue weighted by molar-refractivity contribution is 6.07. The third-order valence-corrected chi connectivity index (χ3v) is 2.08. The molecule has 0 aliphatic carbocycles. The summed E-state index contributed by atoms with van der Waals surface area (Å²) in [6, 6.07) is 6.99. The minimum Gasteiger partial charge on any atom is -0.425 e. The van der Waals surface area contributed by atoms with Crippen LogP contribution in [-0.4, -0.2) is 11.8 Å². The maximum absolute atomic E-state index is 11.2. The first-order valence-corrected chi connectivity index (χ1v) is 4.01. The van der Waals surface area contributed by atoms with E-state index in [1.807, 2.05) is 0 Å². The van der Waals surface area contributed by atoms with Gasteiger partial charge < -0.3 is 4.74 Å². The molecular formula is C10H8O3. The van der Waals surface area contributed by atoms with Crippen LogP contribution >= 0.6 is 0 Å². The predicted molar refractivity (Wildman–Crippen MR) is 45.5 cm³/mol. The number of carbonyl (C=O) groups excluding carboxylic acids is 2. The van der Waals surface area contributed by atoms with Crippen molar-refractivity contribution in [1.29, 1.82) is 0 Å².